The Kier molecular flexibility index (Phi) is 3.26. The Balaban J connectivity index is 2.00. The van der Waals surface area contributed by atoms with Gasteiger partial charge in [0.1, 0.15) is 6.33 Å². The van der Waals surface area contributed by atoms with Crippen LogP contribution in [-0.4, -0.2) is 22.1 Å². The first-order valence-corrected chi connectivity index (χ1v) is 6.24. The van der Waals surface area contributed by atoms with Crippen LogP contribution < -0.4 is 10.5 Å². The largest absolute Gasteiger partial charge is 0.481 e. The van der Waals surface area contributed by atoms with Gasteiger partial charge in [-0.2, -0.15) is 0 Å². The van der Waals surface area contributed by atoms with E-state index in [1.165, 1.54) is 6.33 Å². The van der Waals surface area contributed by atoms with Crippen molar-refractivity contribution in [1.82, 2.24) is 15.0 Å². The summed E-state index contributed by atoms with van der Waals surface area (Å²) < 4.78 is 5.09. The normalized spacial score (nSPS) is 12.3. The molecule has 0 saturated carbocycles. The Bertz CT molecular complexity index is 745. The molecule has 3 aromatic rings. The van der Waals surface area contributed by atoms with Crippen LogP contribution in [0.1, 0.15) is 17.3 Å². The maximum Gasteiger partial charge on any atom is 0.216 e. The molecule has 100 valence electrons. The topological polar surface area (TPSA) is 73.9 Å². The van der Waals surface area contributed by atoms with Crippen molar-refractivity contribution in [1.29, 1.82) is 0 Å². The Morgan fingerprint density at radius 3 is 2.85 bits per heavy atom. The van der Waals surface area contributed by atoms with E-state index >= 15 is 0 Å². The molecule has 0 bridgehead atoms. The van der Waals surface area contributed by atoms with Crippen LogP contribution in [0, 0.1) is 0 Å². The molecule has 2 N–H and O–H groups in total. The number of nitrogens with zero attached hydrogens (tertiary/aromatic N) is 3. The lowest BCUT2D eigenvalue weighted by molar-refractivity contribution is 0.395. The highest BCUT2D eigenvalue weighted by molar-refractivity contribution is 5.79. The summed E-state index contributed by atoms with van der Waals surface area (Å²) in [4.78, 5) is 12.5. The van der Waals surface area contributed by atoms with Gasteiger partial charge in [0.25, 0.3) is 0 Å². The van der Waals surface area contributed by atoms with Crippen molar-refractivity contribution in [2.75, 3.05) is 7.11 Å². The van der Waals surface area contributed by atoms with Gasteiger partial charge in [0.15, 0.2) is 0 Å². The van der Waals surface area contributed by atoms with Gasteiger partial charge < -0.3 is 10.5 Å². The maximum absolute atomic E-state index is 6.26. The van der Waals surface area contributed by atoms with Gasteiger partial charge >= 0.3 is 0 Å². The van der Waals surface area contributed by atoms with E-state index in [1.807, 2.05) is 30.3 Å². The van der Waals surface area contributed by atoms with Crippen molar-refractivity contribution in [2.24, 2.45) is 5.73 Å². The molecule has 1 aromatic carbocycles. The SMILES string of the molecule is COc1cc(C(N)c2ccc3cccnc3c2)ncn1. The van der Waals surface area contributed by atoms with E-state index in [4.69, 9.17) is 10.5 Å². The summed E-state index contributed by atoms with van der Waals surface area (Å²) in [5, 5.41) is 1.09. The van der Waals surface area contributed by atoms with E-state index in [2.05, 4.69) is 15.0 Å². The molecule has 0 aliphatic rings. The number of methoxy groups -OCH3 is 1. The molecule has 2 aromatic heterocycles. The summed E-state index contributed by atoms with van der Waals surface area (Å²) in [5.41, 5.74) is 8.85. The molecule has 5 heteroatoms. The number of rotatable bonds is 3. The van der Waals surface area contributed by atoms with Crippen LogP contribution in [0.3, 0.4) is 0 Å². The first kappa shape index (κ1) is 12.5. The fourth-order valence-corrected chi connectivity index (χ4v) is 2.08. The highest BCUT2D eigenvalue weighted by Crippen LogP contribution is 2.22. The molecule has 1 atom stereocenters. The molecule has 0 saturated heterocycles. The van der Waals surface area contributed by atoms with Crippen molar-refractivity contribution >= 4 is 10.9 Å². The molecule has 0 amide bonds. The molecule has 2 heterocycles. The number of aromatic nitrogens is 3. The lowest BCUT2D eigenvalue weighted by Crippen LogP contribution is -2.14. The maximum atomic E-state index is 6.26. The Hall–Kier alpha value is -2.53. The lowest BCUT2D eigenvalue weighted by atomic mass is 10.0. The molecule has 20 heavy (non-hydrogen) atoms. The van der Waals surface area contributed by atoms with Gasteiger partial charge in [-0.1, -0.05) is 18.2 Å². The monoisotopic (exact) mass is 266 g/mol. The van der Waals surface area contributed by atoms with E-state index < -0.39 is 0 Å². The number of hydrogen-bond donors (Lipinski definition) is 1. The van der Waals surface area contributed by atoms with E-state index in [9.17, 15) is 0 Å². The van der Waals surface area contributed by atoms with Crippen molar-refractivity contribution in [3.8, 4) is 5.88 Å². The van der Waals surface area contributed by atoms with Gasteiger partial charge in [-0.25, -0.2) is 9.97 Å². The summed E-state index contributed by atoms with van der Waals surface area (Å²) >= 11 is 0. The molecule has 0 aliphatic carbocycles. The number of hydrogen-bond acceptors (Lipinski definition) is 5. The average molecular weight is 266 g/mol. The predicted molar refractivity (Wildman–Crippen MR) is 76.4 cm³/mol. The molecule has 5 nitrogen and oxygen atoms in total. The van der Waals surface area contributed by atoms with Crippen LogP contribution >= 0.6 is 0 Å². The molecule has 0 aliphatic heterocycles. The van der Waals surface area contributed by atoms with Gasteiger partial charge in [0.2, 0.25) is 5.88 Å². The number of benzene rings is 1. The fraction of sp³-hybridized carbons (Fsp3) is 0.133. The Labute approximate surface area is 116 Å². The second-order valence-corrected chi connectivity index (χ2v) is 4.42. The zero-order valence-electron chi connectivity index (χ0n) is 11.0. The van der Waals surface area contributed by atoms with Crippen molar-refractivity contribution in [2.45, 2.75) is 6.04 Å². The van der Waals surface area contributed by atoms with E-state index in [-0.39, 0.29) is 6.04 Å². The minimum atomic E-state index is -0.335. The van der Waals surface area contributed by atoms with Gasteiger partial charge in [-0.05, 0) is 17.7 Å². The minimum Gasteiger partial charge on any atom is -0.481 e. The van der Waals surface area contributed by atoms with E-state index in [0.29, 0.717) is 11.6 Å². The number of pyridine rings is 1. The number of fused-ring (bicyclic) bond motifs is 1. The lowest BCUT2D eigenvalue weighted by Gasteiger charge is -2.12. The molecule has 3 rings (SSSR count). The fourth-order valence-electron chi connectivity index (χ4n) is 2.08. The van der Waals surface area contributed by atoms with Gasteiger partial charge in [-0.3, -0.25) is 4.98 Å². The highest BCUT2D eigenvalue weighted by atomic mass is 16.5. The third-order valence-corrected chi connectivity index (χ3v) is 3.18. The molecule has 1 unspecified atom stereocenters. The molecular formula is C15H14N4O. The summed E-state index contributed by atoms with van der Waals surface area (Å²) in [5.74, 6) is 0.504. The summed E-state index contributed by atoms with van der Waals surface area (Å²) in [6, 6.07) is 11.3. The molecule has 0 fully saturated rings. The summed E-state index contributed by atoms with van der Waals surface area (Å²) in [6.45, 7) is 0. The van der Waals surface area contributed by atoms with Crippen LogP contribution in [0.2, 0.25) is 0 Å². The minimum absolute atomic E-state index is 0.335. The van der Waals surface area contributed by atoms with Crippen molar-refractivity contribution in [3.63, 3.8) is 0 Å². The first-order valence-electron chi connectivity index (χ1n) is 6.24. The Morgan fingerprint density at radius 2 is 2.00 bits per heavy atom. The van der Waals surface area contributed by atoms with E-state index in [1.54, 1.807) is 19.4 Å². The zero-order chi connectivity index (χ0) is 13.9. The van der Waals surface area contributed by atoms with Crippen LogP contribution in [0.15, 0.2) is 48.9 Å². The van der Waals surface area contributed by atoms with Crippen LogP contribution in [0.25, 0.3) is 10.9 Å². The van der Waals surface area contributed by atoms with E-state index in [0.717, 1.165) is 16.5 Å². The summed E-state index contributed by atoms with van der Waals surface area (Å²) in [6.07, 6.45) is 3.22. The Morgan fingerprint density at radius 1 is 1.10 bits per heavy atom. The third kappa shape index (κ3) is 2.31. The van der Waals surface area contributed by atoms with Crippen molar-refractivity contribution < 1.29 is 4.74 Å². The van der Waals surface area contributed by atoms with Gasteiger partial charge in [0.05, 0.1) is 24.4 Å². The molecule has 0 radical (unpaired) electrons. The molecule has 0 spiro atoms. The van der Waals surface area contributed by atoms with Gasteiger partial charge in [0, 0.05) is 17.6 Å². The predicted octanol–water partition coefficient (Wildman–Crippen LogP) is 2.08. The highest BCUT2D eigenvalue weighted by Gasteiger charge is 2.12. The van der Waals surface area contributed by atoms with Gasteiger partial charge in [-0.15, -0.1) is 0 Å². The van der Waals surface area contributed by atoms with Crippen LogP contribution in [0.4, 0.5) is 0 Å². The average Bonchev–Trinajstić information content (AvgIpc) is 2.53. The van der Waals surface area contributed by atoms with Crippen LogP contribution in [-0.2, 0) is 0 Å². The molecular weight excluding hydrogens is 252 g/mol. The number of nitrogens with two attached hydrogens (primary N) is 1. The smallest absolute Gasteiger partial charge is 0.216 e. The second kappa shape index (κ2) is 5.22. The first-order chi connectivity index (χ1) is 9.78. The standard InChI is InChI=1S/C15H14N4O/c1-20-14-8-13(18-9-19-14)15(16)11-5-4-10-3-2-6-17-12(10)7-11/h2-9,15H,16H2,1H3. The van der Waals surface area contributed by atoms with Crippen LogP contribution in [0.5, 0.6) is 5.88 Å². The third-order valence-electron chi connectivity index (χ3n) is 3.18. The zero-order valence-corrected chi connectivity index (χ0v) is 11.0. The quantitative estimate of drug-likeness (QED) is 0.785. The second-order valence-electron chi connectivity index (χ2n) is 4.42. The summed E-state index contributed by atoms with van der Waals surface area (Å²) in [7, 11) is 1.57. The number of ether oxygens (including phenoxy) is 1. The van der Waals surface area contributed by atoms with Crippen molar-refractivity contribution in [3.05, 3.63) is 60.2 Å².